The Morgan fingerprint density at radius 1 is 0.612 bits per heavy atom. The molecule has 0 unspecified atom stereocenters. The average Bonchev–Trinajstić information content (AvgIpc) is 3.74. The molecule has 0 fully saturated rings. The molecule has 9 rings (SSSR count). The van der Waals surface area contributed by atoms with Gasteiger partial charge in [0.1, 0.15) is 28.4 Å². The summed E-state index contributed by atoms with van der Waals surface area (Å²) in [7, 11) is 0. The van der Waals surface area contributed by atoms with Gasteiger partial charge in [-0.1, -0.05) is 113 Å². The molecule has 3 heterocycles. The summed E-state index contributed by atoms with van der Waals surface area (Å²) in [5.74, 6) is 1.04. The molecule has 0 amide bonds. The Labute approximate surface area is 285 Å². The van der Waals surface area contributed by atoms with Crippen LogP contribution in [0.15, 0.2) is 138 Å². The van der Waals surface area contributed by atoms with Crippen molar-refractivity contribution in [2.45, 2.75) is 38.5 Å². The summed E-state index contributed by atoms with van der Waals surface area (Å²) in [6.07, 6.45) is 2.07. The second-order valence-electron chi connectivity index (χ2n) is 14.1. The Kier molecular flexibility index (Phi) is 6.28. The number of aromatic nitrogens is 3. The number of phenols is 1. The van der Waals surface area contributed by atoms with Crippen LogP contribution in [-0.2, 0) is 10.8 Å². The van der Waals surface area contributed by atoms with E-state index in [0.717, 1.165) is 83.9 Å². The lowest BCUT2D eigenvalue weighted by atomic mass is 9.56. The maximum Gasteiger partial charge on any atom is 0.146 e. The number of benzene rings is 5. The van der Waals surface area contributed by atoms with Gasteiger partial charge in [-0.15, -0.1) is 0 Å². The van der Waals surface area contributed by atoms with Crippen molar-refractivity contribution in [2.75, 3.05) is 0 Å². The highest BCUT2D eigenvalue weighted by molar-refractivity contribution is 6.13. The maximum absolute atomic E-state index is 11.2. The van der Waals surface area contributed by atoms with E-state index in [1.54, 1.807) is 6.07 Å². The highest BCUT2D eigenvalue weighted by Gasteiger charge is 2.47. The molecule has 0 atom stereocenters. The third-order valence-corrected chi connectivity index (χ3v) is 10.9. The highest BCUT2D eigenvalue weighted by atomic mass is 16.3. The van der Waals surface area contributed by atoms with E-state index in [1.807, 2.05) is 42.5 Å². The van der Waals surface area contributed by atoms with Crippen molar-refractivity contribution in [2.24, 2.45) is 0 Å². The van der Waals surface area contributed by atoms with E-state index in [1.165, 1.54) is 0 Å². The van der Waals surface area contributed by atoms with Crippen LogP contribution in [0.1, 0.15) is 38.8 Å². The second kappa shape index (κ2) is 10.5. The number of hydrogen-bond acceptors (Lipinski definition) is 4. The molecule has 0 radical (unpaired) electrons. The Morgan fingerprint density at radius 3 is 2.14 bits per heavy atom. The number of pyridine rings is 1. The molecule has 0 bridgehead atoms. The van der Waals surface area contributed by atoms with Crippen molar-refractivity contribution in [3.05, 3.63) is 145 Å². The van der Waals surface area contributed by atoms with Gasteiger partial charge in [-0.05, 0) is 70.1 Å². The van der Waals surface area contributed by atoms with Crippen LogP contribution in [0.25, 0.3) is 72.8 Å². The van der Waals surface area contributed by atoms with Crippen molar-refractivity contribution in [1.29, 1.82) is 0 Å². The molecule has 1 aliphatic rings. The van der Waals surface area contributed by atoms with Gasteiger partial charge in [-0.3, -0.25) is 4.57 Å². The topological polar surface area (TPSA) is 64.1 Å². The van der Waals surface area contributed by atoms with Crippen LogP contribution in [0.2, 0.25) is 0 Å². The minimum Gasteiger partial charge on any atom is -0.507 e. The third kappa shape index (κ3) is 4.32. The summed E-state index contributed by atoms with van der Waals surface area (Å²) in [4.78, 5) is 10.6. The molecule has 1 aliphatic carbocycles. The molecular formula is C44H35N3O2. The summed E-state index contributed by atoms with van der Waals surface area (Å²) in [6, 6.07) is 43.3. The first-order valence-electron chi connectivity index (χ1n) is 16.7. The Balaban J connectivity index is 1.27. The predicted molar refractivity (Wildman–Crippen MR) is 198 cm³/mol. The Bertz CT molecular complexity index is 2560. The lowest BCUT2D eigenvalue weighted by Gasteiger charge is -2.47. The summed E-state index contributed by atoms with van der Waals surface area (Å²) < 4.78 is 8.55. The van der Waals surface area contributed by atoms with Crippen LogP contribution in [-0.4, -0.2) is 19.6 Å². The molecule has 1 N–H and O–H groups in total. The lowest BCUT2D eigenvalue weighted by Crippen LogP contribution is -2.43. The van der Waals surface area contributed by atoms with Crippen molar-refractivity contribution in [1.82, 2.24) is 14.5 Å². The van der Waals surface area contributed by atoms with Crippen molar-refractivity contribution >= 4 is 21.9 Å². The molecule has 3 aromatic heterocycles. The molecule has 5 nitrogen and oxygen atoms in total. The van der Waals surface area contributed by atoms with Crippen LogP contribution < -0.4 is 0 Å². The van der Waals surface area contributed by atoms with Gasteiger partial charge in [0.05, 0.1) is 11.4 Å². The summed E-state index contributed by atoms with van der Waals surface area (Å²) >= 11 is 0. The lowest BCUT2D eigenvalue weighted by molar-refractivity contribution is 0.296. The number of para-hydroxylation sites is 1. The van der Waals surface area contributed by atoms with Gasteiger partial charge >= 0.3 is 0 Å². The molecule has 238 valence electrons. The van der Waals surface area contributed by atoms with Crippen molar-refractivity contribution < 1.29 is 9.52 Å². The third-order valence-electron chi connectivity index (χ3n) is 10.9. The summed E-state index contributed by atoms with van der Waals surface area (Å²) in [5.41, 5.74) is 10.8. The fraction of sp³-hybridized carbons (Fsp3) is 0.136. The quantitative estimate of drug-likeness (QED) is 0.209. The standard InChI is InChI=1S/C44H35N3O2/c1-43(2)32-18-12-19-36(48)40(32)41-33(44(43,3)4)22-23-34(45-41)35-26-47(29-15-9-6-10-16-29)42(46-35)30-17-11-20-38-39(30)31-25-28(21-24-37(31)49-38)27-13-7-5-8-14-27/h5-26,48H,1-4H3. The monoisotopic (exact) mass is 637 g/mol. The van der Waals surface area contributed by atoms with Crippen LogP contribution in [0, 0.1) is 0 Å². The SMILES string of the molecule is CC1(C)c2ccc(-c3cn(-c4ccccc4)c(-c4cccc5oc6ccc(-c7ccccc7)cc6c45)n3)nc2-c2c(O)cccc2C1(C)C. The van der Waals surface area contributed by atoms with E-state index in [4.69, 9.17) is 14.4 Å². The van der Waals surface area contributed by atoms with E-state index in [2.05, 4.69) is 117 Å². The fourth-order valence-corrected chi connectivity index (χ4v) is 7.58. The Morgan fingerprint density at radius 2 is 1.35 bits per heavy atom. The van der Waals surface area contributed by atoms with Crippen LogP contribution in [0.4, 0.5) is 0 Å². The fourth-order valence-electron chi connectivity index (χ4n) is 7.58. The van der Waals surface area contributed by atoms with Gasteiger partial charge in [0.25, 0.3) is 0 Å². The Hall–Kier alpha value is -5.94. The van der Waals surface area contributed by atoms with Gasteiger partial charge in [0, 0.05) is 39.2 Å². The van der Waals surface area contributed by atoms with Gasteiger partial charge in [-0.2, -0.15) is 0 Å². The number of fused-ring (bicyclic) bond motifs is 6. The number of rotatable bonds is 4. The molecule has 49 heavy (non-hydrogen) atoms. The second-order valence-corrected chi connectivity index (χ2v) is 14.1. The largest absolute Gasteiger partial charge is 0.507 e. The number of phenolic OH excluding ortho intramolecular Hbond substituents is 1. The van der Waals surface area contributed by atoms with Crippen molar-refractivity contribution in [3.63, 3.8) is 0 Å². The molecule has 5 heteroatoms. The summed E-state index contributed by atoms with van der Waals surface area (Å²) in [5, 5.41) is 13.3. The minimum atomic E-state index is -0.222. The zero-order valence-electron chi connectivity index (χ0n) is 27.9. The van der Waals surface area contributed by atoms with E-state index < -0.39 is 0 Å². The zero-order chi connectivity index (χ0) is 33.5. The predicted octanol–water partition coefficient (Wildman–Crippen LogP) is 11.1. The molecule has 0 spiro atoms. The normalized spacial score (nSPS) is 14.5. The number of nitrogens with zero attached hydrogens (tertiary/aromatic N) is 3. The minimum absolute atomic E-state index is 0.217. The van der Waals surface area contributed by atoms with Gasteiger partial charge in [0.15, 0.2) is 0 Å². The van der Waals surface area contributed by atoms with Gasteiger partial charge in [-0.25, -0.2) is 9.97 Å². The number of hydrogen-bond donors (Lipinski definition) is 1. The molecular weight excluding hydrogens is 603 g/mol. The van der Waals surface area contributed by atoms with Crippen molar-refractivity contribution in [3.8, 4) is 56.6 Å². The van der Waals surface area contributed by atoms with Crippen LogP contribution in [0.3, 0.4) is 0 Å². The van der Waals surface area contributed by atoms with E-state index in [0.29, 0.717) is 0 Å². The van der Waals surface area contributed by atoms with Gasteiger partial charge < -0.3 is 9.52 Å². The molecule has 0 saturated heterocycles. The van der Waals surface area contributed by atoms with Gasteiger partial charge in [0.2, 0.25) is 0 Å². The molecule has 8 aromatic rings. The first-order chi connectivity index (χ1) is 23.7. The highest BCUT2D eigenvalue weighted by Crippen LogP contribution is 2.55. The molecule has 0 aliphatic heterocycles. The molecule has 0 saturated carbocycles. The number of furan rings is 1. The summed E-state index contributed by atoms with van der Waals surface area (Å²) in [6.45, 7) is 9.03. The zero-order valence-corrected chi connectivity index (χ0v) is 27.9. The van der Waals surface area contributed by atoms with E-state index >= 15 is 0 Å². The average molecular weight is 638 g/mol. The van der Waals surface area contributed by atoms with E-state index in [9.17, 15) is 5.11 Å². The first kappa shape index (κ1) is 29.2. The number of aromatic hydroxyl groups is 1. The number of imidazole rings is 1. The maximum atomic E-state index is 11.2. The first-order valence-corrected chi connectivity index (χ1v) is 16.7. The van der Waals surface area contributed by atoms with Crippen LogP contribution in [0.5, 0.6) is 5.75 Å². The van der Waals surface area contributed by atoms with E-state index in [-0.39, 0.29) is 16.6 Å². The smallest absolute Gasteiger partial charge is 0.146 e. The van der Waals surface area contributed by atoms with Crippen LogP contribution >= 0.6 is 0 Å². The molecule has 5 aromatic carbocycles.